The highest BCUT2D eigenvalue weighted by molar-refractivity contribution is 5.79. The van der Waals surface area contributed by atoms with Crippen LogP contribution < -0.4 is 0 Å². The number of nitrogens with zero attached hydrogens (tertiary/aromatic N) is 3. The van der Waals surface area contributed by atoms with E-state index in [0.717, 1.165) is 5.56 Å². The topological polar surface area (TPSA) is 56.7 Å². The fourth-order valence-electron chi connectivity index (χ4n) is 2.57. The number of β-amino-alcohol motifs (C(OH)–C–C–N with tert-alkyl or cyclic N) is 1. The smallest absolute Gasteiger partial charge is 0.227 e. The minimum absolute atomic E-state index is 0.0703. The molecule has 2 heterocycles. The summed E-state index contributed by atoms with van der Waals surface area (Å²) in [4.78, 5) is 19.8. The second-order valence-corrected chi connectivity index (χ2v) is 5.56. The van der Waals surface area contributed by atoms with E-state index in [0.29, 0.717) is 32.5 Å². The van der Waals surface area contributed by atoms with Gasteiger partial charge in [0.1, 0.15) is 0 Å². The third-order valence-electron chi connectivity index (χ3n) is 3.40. The second kappa shape index (κ2) is 5.67. The Hall–Kier alpha value is -1.46. The van der Waals surface area contributed by atoms with Crippen molar-refractivity contribution in [3.05, 3.63) is 30.1 Å². The number of carbonyl (C=O) groups excluding carboxylic acids is 1. The van der Waals surface area contributed by atoms with E-state index in [1.54, 1.807) is 17.3 Å². The highest BCUT2D eigenvalue weighted by atomic mass is 16.3. The molecule has 0 radical (unpaired) electrons. The van der Waals surface area contributed by atoms with E-state index in [1.807, 2.05) is 31.1 Å². The quantitative estimate of drug-likeness (QED) is 0.840. The molecule has 1 aromatic heterocycles. The number of pyridine rings is 1. The van der Waals surface area contributed by atoms with E-state index >= 15 is 0 Å². The zero-order valence-corrected chi connectivity index (χ0v) is 11.5. The molecule has 2 rings (SSSR count). The molecule has 19 heavy (non-hydrogen) atoms. The summed E-state index contributed by atoms with van der Waals surface area (Å²) in [6.45, 7) is 1.65. The van der Waals surface area contributed by atoms with Gasteiger partial charge in [-0.25, -0.2) is 0 Å². The second-order valence-electron chi connectivity index (χ2n) is 5.56. The van der Waals surface area contributed by atoms with Crippen molar-refractivity contribution < 1.29 is 9.90 Å². The molecule has 1 aliphatic rings. The number of aromatic nitrogens is 1. The summed E-state index contributed by atoms with van der Waals surface area (Å²) in [6.07, 6.45) is 4.40. The van der Waals surface area contributed by atoms with Crippen molar-refractivity contribution in [2.75, 3.05) is 33.7 Å². The molecule has 0 bridgehead atoms. The fourth-order valence-corrected chi connectivity index (χ4v) is 2.57. The van der Waals surface area contributed by atoms with E-state index in [1.165, 1.54) is 0 Å². The molecule has 0 aliphatic carbocycles. The molecule has 0 saturated carbocycles. The zero-order chi connectivity index (χ0) is 13.9. The van der Waals surface area contributed by atoms with Crippen molar-refractivity contribution in [1.82, 2.24) is 14.8 Å². The number of likely N-dealkylation sites (N-methyl/N-ethyl adjacent to an activating group) is 1. The summed E-state index contributed by atoms with van der Waals surface area (Å²) in [5.74, 6) is 0.0703. The van der Waals surface area contributed by atoms with Gasteiger partial charge in [-0.2, -0.15) is 0 Å². The predicted molar refractivity (Wildman–Crippen MR) is 72.6 cm³/mol. The van der Waals surface area contributed by atoms with Gasteiger partial charge in [0.05, 0.1) is 18.6 Å². The highest BCUT2D eigenvalue weighted by Gasteiger charge is 2.38. The van der Waals surface area contributed by atoms with Crippen LogP contribution in [0, 0.1) is 0 Å². The van der Waals surface area contributed by atoms with Gasteiger partial charge in [0.25, 0.3) is 0 Å². The molecule has 1 N–H and O–H groups in total. The predicted octanol–water partition coefficient (Wildman–Crippen LogP) is 0.149. The Bertz CT molecular complexity index is 436. The van der Waals surface area contributed by atoms with Gasteiger partial charge in [0.15, 0.2) is 0 Å². The first-order valence-corrected chi connectivity index (χ1v) is 6.52. The van der Waals surface area contributed by atoms with E-state index in [-0.39, 0.29) is 5.91 Å². The van der Waals surface area contributed by atoms with Crippen LogP contribution in [0.2, 0.25) is 0 Å². The van der Waals surface area contributed by atoms with Crippen molar-refractivity contribution in [3.63, 3.8) is 0 Å². The first kappa shape index (κ1) is 14.0. The number of amides is 1. The van der Waals surface area contributed by atoms with Crippen molar-refractivity contribution >= 4 is 5.91 Å². The minimum atomic E-state index is -0.766. The molecule has 104 valence electrons. The van der Waals surface area contributed by atoms with Crippen LogP contribution in [0.3, 0.4) is 0 Å². The number of rotatable bonds is 4. The van der Waals surface area contributed by atoms with Crippen molar-refractivity contribution in [2.45, 2.75) is 18.4 Å². The molecule has 1 aliphatic heterocycles. The van der Waals surface area contributed by atoms with Gasteiger partial charge in [0, 0.05) is 25.5 Å². The molecular formula is C14H21N3O2. The number of aliphatic hydroxyl groups is 1. The maximum atomic E-state index is 12.2. The molecule has 1 amide bonds. The van der Waals surface area contributed by atoms with Gasteiger partial charge < -0.3 is 14.9 Å². The SMILES string of the molecule is CN(C)C[C@]1(O)CCN(C(=O)Cc2ccncc2)C1. The average molecular weight is 263 g/mol. The Morgan fingerprint density at radius 3 is 2.79 bits per heavy atom. The zero-order valence-electron chi connectivity index (χ0n) is 11.5. The number of hydrogen-bond donors (Lipinski definition) is 1. The van der Waals surface area contributed by atoms with Crippen LogP contribution in [0.4, 0.5) is 0 Å². The van der Waals surface area contributed by atoms with Crippen LogP contribution >= 0.6 is 0 Å². The minimum Gasteiger partial charge on any atom is -0.387 e. The summed E-state index contributed by atoms with van der Waals surface area (Å²) in [5.41, 5.74) is 0.195. The summed E-state index contributed by atoms with van der Waals surface area (Å²) in [6, 6.07) is 3.69. The first-order valence-electron chi connectivity index (χ1n) is 6.52. The van der Waals surface area contributed by atoms with Crippen molar-refractivity contribution in [3.8, 4) is 0 Å². The molecule has 0 unspecified atom stereocenters. The lowest BCUT2D eigenvalue weighted by atomic mass is 10.0. The molecule has 1 atom stereocenters. The summed E-state index contributed by atoms with van der Waals surface area (Å²) < 4.78 is 0. The highest BCUT2D eigenvalue weighted by Crippen LogP contribution is 2.22. The largest absolute Gasteiger partial charge is 0.387 e. The normalized spacial score (nSPS) is 23.1. The van der Waals surface area contributed by atoms with Gasteiger partial charge in [-0.3, -0.25) is 9.78 Å². The number of likely N-dealkylation sites (tertiary alicyclic amines) is 1. The Balaban J connectivity index is 1.92. The van der Waals surface area contributed by atoms with Crippen molar-refractivity contribution in [1.29, 1.82) is 0 Å². The maximum Gasteiger partial charge on any atom is 0.227 e. The third-order valence-corrected chi connectivity index (χ3v) is 3.40. The molecule has 0 spiro atoms. The van der Waals surface area contributed by atoms with Gasteiger partial charge >= 0.3 is 0 Å². The summed E-state index contributed by atoms with van der Waals surface area (Å²) in [5, 5.41) is 10.4. The number of carbonyl (C=O) groups is 1. The van der Waals surface area contributed by atoms with E-state index < -0.39 is 5.60 Å². The Kier molecular flexibility index (Phi) is 4.17. The first-order chi connectivity index (χ1) is 8.98. The van der Waals surface area contributed by atoms with Crippen LogP contribution in [-0.4, -0.2) is 65.1 Å². The van der Waals surface area contributed by atoms with E-state index in [9.17, 15) is 9.90 Å². The van der Waals surface area contributed by atoms with E-state index in [4.69, 9.17) is 0 Å². The lowest BCUT2D eigenvalue weighted by Gasteiger charge is -2.26. The molecule has 0 aromatic carbocycles. The fraction of sp³-hybridized carbons (Fsp3) is 0.571. The standard InChI is InChI=1S/C14H21N3O2/c1-16(2)10-14(19)5-8-17(11-14)13(18)9-12-3-6-15-7-4-12/h3-4,6-7,19H,5,8-11H2,1-2H3/t14-/m1/s1. The Morgan fingerprint density at radius 2 is 2.16 bits per heavy atom. The summed E-state index contributed by atoms with van der Waals surface area (Å²) >= 11 is 0. The van der Waals surface area contributed by atoms with Crippen LogP contribution in [0.15, 0.2) is 24.5 Å². The van der Waals surface area contributed by atoms with Gasteiger partial charge in [-0.05, 0) is 38.2 Å². The lowest BCUT2D eigenvalue weighted by molar-refractivity contribution is -0.130. The summed E-state index contributed by atoms with van der Waals surface area (Å²) in [7, 11) is 3.86. The van der Waals surface area contributed by atoms with Crippen LogP contribution in [-0.2, 0) is 11.2 Å². The monoisotopic (exact) mass is 263 g/mol. The van der Waals surface area contributed by atoms with Gasteiger partial charge in [0.2, 0.25) is 5.91 Å². The van der Waals surface area contributed by atoms with Gasteiger partial charge in [-0.15, -0.1) is 0 Å². The average Bonchev–Trinajstić information content (AvgIpc) is 2.72. The molecule has 5 heteroatoms. The van der Waals surface area contributed by atoms with Crippen molar-refractivity contribution in [2.24, 2.45) is 0 Å². The molecule has 1 fully saturated rings. The molecule has 1 aromatic rings. The molecule has 5 nitrogen and oxygen atoms in total. The van der Waals surface area contributed by atoms with Gasteiger partial charge in [-0.1, -0.05) is 0 Å². The van der Waals surface area contributed by atoms with Crippen LogP contribution in [0.5, 0.6) is 0 Å². The third kappa shape index (κ3) is 3.75. The van der Waals surface area contributed by atoms with Crippen LogP contribution in [0.25, 0.3) is 0 Å². The van der Waals surface area contributed by atoms with E-state index in [2.05, 4.69) is 4.98 Å². The molecular weight excluding hydrogens is 242 g/mol. The number of hydrogen-bond acceptors (Lipinski definition) is 4. The Morgan fingerprint density at radius 1 is 1.47 bits per heavy atom. The maximum absolute atomic E-state index is 12.2. The lowest BCUT2D eigenvalue weighted by Crippen LogP contribution is -2.43. The van der Waals surface area contributed by atoms with Crippen LogP contribution in [0.1, 0.15) is 12.0 Å². The molecule has 1 saturated heterocycles. The Labute approximate surface area is 113 Å².